The molecule has 1 aliphatic carbocycles. The zero-order chi connectivity index (χ0) is 13.8. The first-order chi connectivity index (χ1) is 9.11. The fourth-order valence-corrected chi connectivity index (χ4v) is 3.26. The number of halogens is 1. The molecule has 0 bridgehead atoms. The van der Waals surface area contributed by atoms with E-state index < -0.39 is 0 Å². The quantitative estimate of drug-likeness (QED) is 0.822. The van der Waals surface area contributed by atoms with E-state index in [2.05, 4.69) is 22.9 Å². The fourth-order valence-electron chi connectivity index (χ4n) is 2.76. The Balaban J connectivity index is 2.21. The van der Waals surface area contributed by atoms with Gasteiger partial charge in [0.05, 0.1) is 5.56 Å². The fraction of sp³-hybridized carbons (Fsp3) is 0.533. The minimum absolute atomic E-state index is 0.293. The van der Waals surface area contributed by atoms with Gasteiger partial charge in [0.1, 0.15) is 16.8 Å². The molecule has 1 saturated carbocycles. The van der Waals surface area contributed by atoms with Crippen LogP contribution >= 0.6 is 28.1 Å². The lowest BCUT2D eigenvalue weighted by Gasteiger charge is -2.31. The summed E-state index contributed by atoms with van der Waals surface area (Å²) in [6.45, 7) is 2.24. The molecule has 2 rings (SSSR count). The summed E-state index contributed by atoms with van der Waals surface area (Å²) in [5.74, 6) is 1.46. The summed E-state index contributed by atoms with van der Waals surface area (Å²) >= 11 is 8.58. The molecule has 0 heterocycles. The van der Waals surface area contributed by atoms with Crippen molar-refractivity contribution < 1.29 is 4.74 Å². The Morgan fingerprint density at radius 3 is 2.84 bits per heavy atom. The third-order valence-electron chi connectivity index (χ3n) is 3.85. The maximum Gasteiger partial charge on any atom is 0.131 e. The third-order valence-corrected chi connectivity index (χ3v) is 4.56. The van der Waals surface area contributed by atoms with Crippen molar-refractivity contribution in [3.8, 4) is 5.75 Å². The Kier molecular flexibility index (Phi) is 5.22. The van der Waals surface area contributed by atoms with E-state index >= 15 is 0 Å². The standard InChI is InChI=1S/C15H20BrNOS/c1-2-10-5-3-4-6-13(10)18-14-9-11(16)7-8-12(14)15(17)19/h7-10,13H,2-6H2,1H3,(H2,17,19). The second kappa shape index (κ2) is 6.71. The smallest absolute Gasteiger partial charge is 0.131 e. The molecule has 2 atom stereocenters. The highest BCUT2D eigenvalue weighted by molar-refractivity contribution is 9.10. The molecule has 0 aromatic heterocycles. The number of benzene rings is 1. The van der Waals surface area contributed by atoms with Gasteiger partial charge in [0.2, 0.25) is 0 Å². The molecule has 2 unspecified atom stereocenters. The number of nitrogens with two attached hydrogens (primary N) is 1. The first kappa shape index (κ1) is 14.8. The van der Waals surface area contributed by atoms with Gasteiger partial charge < -0.3 is 10.5 Å². The SMILES string of the molecule is CCC1CCCCC1Oc1cc(Br)ccc1C(N)=S. The van der Waals surface area contributed by atoms with Crippen LogP contribution in [0.15, 0.2) is 22.7 Å². The van der Waals surface area contributed by atoms with E-state index in [9.17, 15) is 0 Å². The summed E-state index contributed by atoms with van der Waals surface area (Å²) < 4.78 is 7.23. The third kappa shape index (κ3) is 3.69. The second-order valence-corrected chi connectivity index (χ2v) is 6.47. The number of ether oxygens (including phenoxy) is 1. The minimum atomic E-state index is 0.293. The van der Waals surface area contributed by atoms with Gasteiger partial charge in [-0.1, -0.05) is 41.5 Å². The first-order valence-corrected chi connectivity index (χ1v) is 8.08. The Hall–Kier alpha value is -0.610. The van der Waals surface area contributed by atoms with Crippen LogP contribution in [0.4, 0.5) is 0 Å². The average Bonchev–Trinajstić information content (AvgIpc) is 2.39. The van der Waals surface area contributed by atoms with E-state index in [1.165, 1.54) is 25.7 Å². The molecule has 1 fully saturated rings. The Morgan fingerprint density at radius 1 is 1.42 bits per heavy atom. The Bertz CT molecular complexity index is 463. The molecule has 104 valence electrons. The predicted molar refractivity (Wildman–Crippen MR) is 86.7 cm³/mol. The van der Waals surface area contributed by atoms with Crippen LogP contribution in [-0.2, 0) is 0 Å². The second-order valence-electron chi connectivity index (χ2n) is 5.11. The highest BCUT2D eigenvalue weighted by atomic mass is 79.9. The molecule has 0 spiro atoms. The Morgan fingerprint density at radius 2 is 2.16 bits per heavy atom. The van der Waals surface area contributed by atoms with E-state index in [0.717, 1.165) is 22.2 Å². The van der Waals surface area contributed by atoms with Crippen molar-refractivity contribution in [1.29, 1.82) is 0 Å². The molecule has 1 aromatic carbocycles. The van der Waals surface area contributed by atoms with Crippen molar-refractivity contribution in [2.24, 2.45) is 11.7 Å². The zero-order valence-electron chi connectivity index (χ0n) is 11.2. The Labute approximate surface area is 128 Å². The van der Waals surface area contributed by atoms with Gasteiger partial charge in [-0.2, -0.15) is 0 Å². The van der Waals surface area contributed by atoms with Gasteiger partial charge in [-0.05, 0) is 49.8 Å². The van der Waals surface area contributed by atoms with Gasteiger partial charge in [0.25, 0.3) is 0 Å². The van der Waals surface area contributed by atoms with Crippen molar-refractivity contribution in [2.45, 2.75) is 45.1 Å². The zero-order valence-corrected chi connectivity index (χ0v) is 13.6. The van der Waals surface area contributed by atoms with Crippen LogP contribution in [0.5, 0.6) is 5.75 Å². The van der Waals surface area contributed by atoms with Crippen molar-refractivity contribution in [3.63, 3.8) is 0 Å². The van der Waals surface area contributed by atoms with Crippen LogP contribution in [-0.4, -0.2) is 11.1 Å². The summed E-state index contributed by atoms with van der Waals surface area (Å²) in [7, 11) is 0. The van der Waals surface area contributed by atoms with Crippen LogP contribution in [0.1, 0.15) is 44.6 Å². The van der Waals surface area contributed by atoms with Crippen LogP contribution in [0.25, 0.3) is 0 Å². The number of hydrogen-bond donors (Lipinski definition) is 1. The normalized spacial score (nSPS) is 23.1. The molecule has 2 nitrogen and oxygen atoms in total. The van der Waals surface area contributed by atoms with Crippen LogP contribution in [0, 0.1) is 5.92 Å². The average molecular weight is 342 g/mol. The van der Waals surface area contributed by atoms with E-state index in [4.69, 9.17) is 22.7 Å². The van der Waals surface area contributed by atoms with Crippen LogP contribution in [0.2, 0.25) is 0 Å². The molecular weight excluding hydrogens is 322 g/mol. The number of thiocarbonyl (C=S) groups is 1. The summed E-state index contributed by atoms with van der Waals surface area (Å²) in [5, 5.41) is 0. The van der Waals surface area contributed by atoms with Gasteiger partial charge in [-0.25, -0.2) is 0 Å². The van der Waals surface area contributed by atoms with Crippen LogP contribution < -0.4 is 10.5 Å². The molecule has 0 radical (unpaired) electrons. The van der Waals surface area contributed by atoms with Gasteiger partial charge in [-0.3, -0.25) is 0 Å². The van der Waals surface area contributed by atoms with Crippen molar-refractivity contribution in [3.05, 3.63) is 28.2 Å². The molecule has 1 aliphatic rings. The van der Waals surface area contributed by atoms with Crippen molar-refractivity contribution >= 4 is 33.1 Å². The maximum absolute atomic E-state index is 6.23. The van der Waals surface area contributed by atoms with Crippen LogP contribution in [0.3, 0.4) is 0 Å². The molecule has 1 aromatic rings. The molecule has 0 aliphatic heterocycles. The lowest BCUT2D eigenvalue weighted by Crippen LogP contribution is -2.30. The largest absolute Gasteiger partial charge is 0.489 e. The topological polar surface area (TPSA) is 35.2 Å². The van der Waals surface area contributed by atoms with E-state index in [-0.39, 0.29) is 0 Å². The number of rotatable bonds is 4. The molecule has 4 heteroatoms. The van der Waals surface area contributed by atoms with Gasteiger partial charge in [-0.15, -0.1) is 0 Å². The lowest BCUT2D eigenvalue weighted by molar-refractivity contribution is 0.0902. The van der Waals surface area contributed by atoms with E-state index in [1.54, 1.807) is 0 Å². The molecule has 19 heavy (non-hydrogen) atoms. The van der Waals surface area contributed by atoms with Gasteiger partial charge in [0.15, 0.2) is 0 Å². The lowest BCUT2D eigenvalue weighted by atomic mass is 9.84. The summed E-state index contributed by atoms with van der Waals surface area (Å²) in [6.07, 6.45) is 6.41. The highest BCUT2D eigenvalue weighted by Gasteiger charge is 2.26. The predicted octanol–water partition coefficient (Wildman–Crippen LogP) is 4.43. The highest BCUT2D eigenvalue weighted by Crippen LogP contribution is 2.33. The number of hydrogen-bond acceptors (Lipinski definition) is 2. The molecule has 0 amide bonds. The molecular formula is C15H20BrNOS. The molecule has 2 N–H and O–H groups in total. The first-order valence-electron chi connectivity index (χ1n) is 6.87. The summed E-state index contributed by atoms with van der Waals surface area (Å²) in [5.41, 5.74) is 6.61. The van der Waals surface area contributed by atoms with E-state index in [1.807, 2.05) is 18.2 Å². The van der Waals surface area contributed by atoms with Crippen molar-refractivity contribution in [2.75, 3.05) is 0 Å². The summed E-state index contributed by atoms with van der Waals surface area (Å²) in [4.78, 5) is 0.395. The van der Waals surface area contributed by atoms with Gasteiger partial charge in [0, 0.05) is 4.47 Å². The molecule has 0 saturated heterocycles. The van der Waals surface area contributed by atoms with Gasteiger partial charge >= 0.3 is 0 Å². The summed E-state index contributed by atoms with van der Waals surface area (Å²) in [6, 6.07) is 5.83. The van der Waals surface area contributed by atoms with E-state index in [0.29, 0.717) is 17.0 Å². The maximum atomic E-state index is 6.23. The monoisotopic (exact) mass is 341 g/mol. The minimum Gasteiger partial charge on any atom is -0.489 e. The van der Waals surface area contributed by atoms with Crippen molar-refractivity contribution in [1.82, 2.24) is 0 Å².